The maximum atomic E-state index is 13.7. The number of ketones is 1. The molecule has 1 heterocycles. The molecule has 5 saturated carbocycles. The second kappa shape index (κ2) is 7.85. The predicted octanol–water partition coefficient (Wildman–Crippen LogP) is 4.65. The lowest BCUT2D eigenvalue weighted by Crippen LogP contribution is -2.50. The number of ether oxygens (including phenoxy) is 1. The van der Waals surface area contributed by atoms with Gasteiger partial charge in [-0.05, 0) is 105 Å². The first-order valence-corrected chi connectivity index (χ1v) is 14.1. The van der Waals surface area contributed by atoms with Gasteiger partial charge < -0.3 is 9.84 Å². The Bertz CT molecular complexity index is 1150. The smallest absolute Gasteiger partial charge is 0.157 e. The maximum absolute atomic E-state index is 13.7. The summed E-state index contributed by atoms with van der Waals surface area (Å²) in [6.07, 6.45) is 9.30. The lowest BCUT2D eigenvalue weighted by atomic mass is 9.49. The summed E-state index contributed by atoms with van der Waals surface area (Å²) in [5.74, 6) is 4.40. The van der Waals surface area contributed by atoms with E-state index in [1.165, 1.54) is 32.1 Å². The van der Waals surface area contributed by atoms with Crippen LogP contribution in [0.3, 0.4) is 0 Å². The first-order chi connectivity index (χ1) is 17.0. The number of rotatable bonds is 5. The van der Waals surface area contributed by atoms with E-state index < -0.39 is 5.60 Å². The van der Waals surface area contributed by atoms with Gasteiger partial charge in [-0.3, -0.25) is 4.79 Å². The molecule has 0 saturated heterocycles. The summed E-state index contributed by atoms with van der Waals surface area (Å²) in [5, 5.41) is 19.7. The average Bonchev–Trinajstić information content (AvgIpc) is 3.13. The van der Waals surface area contributed by atoms with Crippen molar-refractivity contribution in [3.8, 4) is 0 Å². The summed E-state index contributed by atoms with van der Waals surface area (Å²) in [4.78, 5) is 13.7. The van der Waals surface area contributed by atoms with Gasteiger partial charge in [0, 0.05) is 18.4 Å². The minimum atomic E-state index is -0.538. The molecule has 2 aromatic rings. The Labute approximate surface area is 207 Å². The first-order valence-electron chi connectivity index (χ1n) is 14.1. The molecule has 0 bridgehead atoms. The molecule has 0 spiro atoms. The lowest BCUT2D eigenvalue weighted by Gasteiger charge is -2.55. The highest BCUT2D eigenvalue weighted by Gasteiger charge is 2.72. The summed E-state index contributed by atoms with van der Waals surface area (Å²) < 4.78 is 7.79. The molecule has 0 radical (unpaired) electrons. The third-order valence-corrected chi connectivity index (χ3v) is 11.5. The van der Waals surface area contributed by atoms with Gasteiger partial charge >= 0.3 is 0 Å². The predicted molar refractivity (Wildman–Crippen MR) is 132 cm³/mol. The van der Waals surface area contributed by atoms with Crippen molar-refractivity contribution in [1.29, 1.82) is 0 Å². The molecule has 10 atom stereocenters. The third kappa shape index (κ3) is 3.11. The van der Waals surface area contributed by atoms with Crippen molar-refractivity contribution in [2.75, 3.05) is 6.61 Å². The number of carbonyl (C=O) groups excluding carboxylic acids is 1. The molecule has 188 valence electrons. The number of carbonyl (C=O) groups is 1. The fourth-order valence-corrected chi connectivity index (χ4v) is 10.0. The number of aromatic nitrogens is 3. The minimum Gasteiger partial charge on any atom is -0.387 e. The molecule has 6 heteroatoms. The lowest BCUT2D eigenvalue weighted by molar-refractivity contribution is -0.131. The molecule has 1 aromatic heterocycles. The van der Waals surface area contributed by atoms with Gasteiger partial charge in [-0.2, -0.15) is 0 Å². The van der Waals surface area contributed by atoms with E-state index in [1.54, 1.807) is 4.68 Å². The van der Waals surface area contributed by atoms with Crippen LogP contribution in [0.2, 0.25) is 0 Å². The number of para-hydroxylation sites is 1. The van der Waals surface area contributed by atoms with Crippen LogP contribution >= 0.6 is 0 Å². The SMILES string of the molecule is CCO[C@H]1C2[C@@H]3CC[C@@H]4[C@H](CC[C@]5(C)[C@@H](C(=O)Cn6nnc7ccccc76)CC[C@@H]45)[C@H]3CC[C@@]21O. The van der Waals surface area contributed by atoms with Gasteiger partial charge in [0.05, 0.1) is 17.2 Å². The molecule has 7 rings (SSSR count). The summed E-state index contributed by atoms with van der Waals surface area (Å²) in [7, 11) is 0. The standard InChI is InChI=1S/C29H39N3O3/c1-3-35-27-26-20-9-8-19-17(18(20)13-15-29(26,27)34)12-14-28(2)21(19)10-11-22(28)25(33)16-32-24-7-5-4-6-23(24)30-31-32/h4-7,17-22,26-27,34H,3,8-16H2,1-2H3/t17-,18-,19-,20-,21+,22-,26?,27+,28+,29-/m1/s1. The molecular weight excluding hydrogens is 438 g/mol. The van der Waals surface area contributed by atoms with Gasteiger partial charge in [0.15, 0.2) is 5.78 Å². The third-order valence-electron chi connectivity index (χ3n) is 11.5. The number of hydrogen-bond acceptors (Lipinski definition) is 5. The normalized spacial score (nSPS) is 45.9. The van der Waals surface area contributed by atoms with E-state index in [2.05, 4.69) is 17.2 Å². The van der Waals surface area contributed by atoms with E-state index in [0.717, 1.165) is 48.0 Å². The largest absolute Gasteiger partial charge is 0.387 e. The van der Waals surface area contributed by atoms with Gasteiger partial charge in [0.2, 0.25) is 0 Å². The van der Waals surface area contributed by atoms with Crippen LogP contribution in [0.15, 0.2) is 24.3 Å². The van der Waals surface area contributed by atoms with E-state index in [9.17, 15) is 9.90 Å². The van der Waals surface area contributed by atoms with Crippen molar-refractivity contribution in [3.63, 3.8) is 0 Å². The highest BCUT2D eigenvalue weighted by atomic mass is 16.5. The van der Waals surface area contributed by atoms with Gasteiger partial charge in [-0.25, -0.2) is 4.68 Å². The van der Waals surface area contributed by atoms with Crippen LogP contribution in [0.1, 0.15) is 65.2 Å². The van der Waals surface area contributed by atoms with Crippen LogP contribution in [0.25, 0.3) is 11.0 Å². The molecule has 5 fully saturated rings. The summed E-state index contributed by atoms with van der Waals surface area (Å²) >= 11 is 0. The number of aliphatic hydroxyl groups is 1. The average molecular weight is 478 g/mol. The zero-order valence-corrected chi connectivity index (χ0v) is 21.1. The molecular formula is C29H39N3O3. The zero-order chi connectivity index (χ0) is 23.9. The Morgan fingerprint density at radius 2 is 1.83 bits per heavy atom. The topological polar surface area (TPSA) is 77.2 Å². The Kier molecular flexibility index (Phi) is 5.03. The second-order valence-corrected chi connectivity index (χ2v) is 12.6. The highest BCUT2D eigenvalue weighted by Crippen LogP contribution is 2.69. The first kappa shape index (κ1) is 22.4. The highest BCUT2D eigenvalue weighted by molar-refractivity contribution is 5.84. The van der Waals surface area contributed by atoms with Crippen LogP contribution in [0.4, 0.5) is 0 Å². The molecule has 1 N–H and O–H groups in total. The van der Waals surface area contributed by atoms with Crippen molar-refractivity contribution < 1.29 is 14.6 Å². The van der Waals surface area contributed by atoms with Crippen LogP contribution in [-0.2, 0) is 16.1 Å². The molecule has 35 heavy (non-hydrogen) atoms. The minimum absolute atomic E-state index is 0.0780. The fraction of sp³-hybridized carbons (Fsp3) is 0.759. The van der Waals surface area contributed by atoms with Crippen LogP contribution < -0.4 is 0 Å². The molecule has 1 unspecified atom stereocenters. The molecule has 0 amide bonds. The van der Waals surface area contributed by atoms with E-state index >= 15 is 0 Å². The van der Waals surface area contributed by atoms with Crippen molar-refractivity contribution >= 4 is 16.8 Å². The zero-order valence-electron chi connectivity index (χ0n) is 21.1. The molecule has 5 aliphatic rings. The summed E-state index contributed by atoms with van der Waals surface area (Å²) in [6.45, 7) is 5.52. The number of fused-ring (bicyclic) bond motifs is 8. The van der Waals surface area contributed by atoms with Crippen LogP contribution in [0.5, 0.6) is 0 Å². The van der Waals surface area contributed by atoms with E-state index in [1.807, 2.05) is 31.2 Å². The van der Waals surface area contributed by atoms with Crippen molar-refractivity contribution in [2.45, 2.75) is 83.5 Å². The van der Waals surface area contributed by atoms with E-state index in [4.69, 9.17) is 4.74 Å². The maximum Gasteiger partial charge on any atom is 0.157 e. The fourth-order valence-electron chi connectivity index (χ4n) is 10.0. The van der Waals surface area contributed by atoms with E-state index in [-0.39, 0.29) is 17.4 Å². The van der Waals surface area contributed by atoms with Gasteiger partial charge in [0.25, 0.3) is 0 Å². The Morgan fingerprint density at radius 3 is 2.69 bits per heavy atom. The van der Waals surface area contributed by atoms with E-state index in [0.29, 0.717) is 36.7 Å². The van der Waals surface area contributed by atoms with Crippen molar-refractivity contribution in [3.05, 3.63) is 24.3 Å². The number of nitrogens with zero attached hydrogens (tertiary/aromatic N) is 3. The summed E-state index contributed by atoms with van der Waals surface area (Å²) in [6, 6.07) is 7.91. The molecule has 0 aliphatic heterocycles. The van der Waals surface area contributed by atoms with Gasteiger partial charge in [-0.1, -0.05) is 24.3 Å². The number of Topliss-reactive ketones (excluding diaryl/α,β-unsaturated/α-hetero) is 1. The van der Waals surface area contributed by atoms with Gasteiger partial charge in [0.1, 0.15) is 12.1 Å². The molecule has 6 nitrogen and oxygen atoms in total. The quantitative estimate of drug-likeness (QED) is 0.679. The number of benzene rings is 1. The Morgan fingerprint density at radius 1 is 1.06 bits per heavy atom. The Hall–Kier alpha value is -1.79. The van der Waals surface area contributed by atoms with Gasteiger partial charge in [-0.15, -0.1) is 5.10 Å². The summed E-state index contributed by atoms with van der Waals surface area (Å²) in [5.41, 5.74) is 1.38. The van der Waals surface area contributed by atoms with Crippen molar-refractivity contribution in [2.24, 2.45) is 46.8 Å². The van der Waals surface area contributed by atoms with Crippen molar-refractivity contribution in [1.82, 2.24) is 15.0 Å². The monoisotopic (exact) mass is 477 g/mol. The molecule has 1 aromatic carbocycles. The van der Waals surface area contributed by atoms with Crippen LogP contribution in [-0.4, -0.2) is 44.2 Å². The van der Waals surface area contributed by atoms with Crippen LogP contribution in [0, 0.1) is 46.8 Å². The number of hydrogen-bond donors (Lipinski definition) is 1. The second-order valence-electron chi connectivity index (χ2n) is 12.6. The Balaban J connectivity index is 1.08. The molecule has 5 aliphatic carbocycles.